The van der Waals surface area contributed by atoms with Crippen LogP contribution in [0.1, 0.15) is 31.2 Å². The van der Waals surface area contributed by atoms with Crippen LogP contribution in [0.5, 0.6) is 11.5 Å². The van der Waals surface area contributed by atoms with E-state index in [1.54, 1.807) is 0 Å². The summed E-state index contributed by atoms with van der Waals surface area (Å²) >= 11 is 0. The van der Waals surface area contributed by atoms with Crippen molar-refractivity contribution in [2.75, 3.05) is 46.1 Å². The summed E-state index contributed by atoms with van der Waals surface area (Å²) in [5.41, 5.74) is 1.27. The average Bonchev–Trinajstić information content (AvgIpc) is 3.20. The molecule has 6 heteroatoms. The Balaban J connectivity index is 1.25. The molecule has 3 aliphatic heterocycles. The number of amides is 1. The minimum Gasteiger partial charge on any atom is -0.454 e. The Hall–Kier alpha value is -2.05. The number of allylic oxidation sites excluding steroid dienone is 1. The van der Waals surface area contributed by atoms with Gasteiger partial charge in [0, 0.05) is 58.3 Å². The van der Waals surface area contributed by atoms with Crippen LogP contribution in [0.25, 0.3) is 0 Å². The maximum atomic E-state index is 12.4. The second kappa shape index (κ2) is 8.97. The Morgan fingerprint density at radius 1 is 1.14 bits per heavy atom. The molecule has 6 nitrogen and oxygen atoms in total. The van der Waals surface area contributed by atoms with E-state index in [0.29, 0.717) is 19.3 Å². The van der Waals surface area contributed by atoms with Crippen LogP contribution in [0.2, 0.25) is 0 Å². The van der Waals surface area contributed by atoms with Crippen molar-refractivity contribution >= 4 is 5.91 Å². The Morgan fingerprint density at radius 3 is 2.79 bits per heavy atom. The minimum absolute atomic E-state index is 0.283. The summed E-state index contributed by atoms with van der Waals surface area (Å²) in [5, 5.41) is 0. The number of fused-ring (bicyclic) bond motifs is 1. The smallest absolute Gasteiger partial charge is 0.231 e. The highest BCUT2D eigenvalue weighted by Gasteiger charge is 2.29. The summed E-state index contributed by atoms with van der Waals surface area (Å²) in [7, 11) is 0. The van der Waals surface area contributed by atoms with Crippen molar-refractivity contribution in [3.05, 3.63) is 36.4 Å². The van der Waals surface area contributed by atoms with Gasteiger partial charge in [0.2, 0.25) is 12.7 Å². The minimum atomic E-state index is 0.283. The fourth-order valence-electron chi connectivity index (χ4n) is 4.45. The third-order valence-corrected chi connectivity index (χ3v) is 6.08. The van der Waals surface area contributed by atoms with Crippen LogP contribution in [0.15, 0.2) is 30.9 Å². The Bertz CT molecular complexity index is 700. The largest absolute Gasteiger partial charge is 0.454 e. The molecule has 3 aliphatic rings. The first-order valence-corrected chi connectivity index (χ1v) is 10.5. The average molecular weight is 386 g/mol. The van der Waals surface area contributed by atoms with E-state index in [-0.39, 0.29) is 5.91 Å². The van der Waals surface area contributed by atoms with Crippen molar-refractivity contribution in [2.24, 2.45) is 0 Å². The number of piperazine rings is 1. The van der Waals surface area contributed by atoms with Crippen LogP contribution < -0.4 is 9.47 Å². The van der Waals surface area contributed by atoms with Gasteiger partial charge in [-0.3, -0.25) is 14.6 Å². The lowest BCUT2D eigenvalue weighted by Gasteiger charge is -2.43. The molecule has 4 rings (SSSR count). The molecule has 0 unspecified atom stereocenters. The van der Waals surface area contributed by atoms with Crippen LogP contribution in [-0.2, 0) is 11.3 Å². The van der Waals surface area contributed by atoms with E-state index in [0.717, 1.165) is 70.2 Å². The first kappa shape index (κ1) is 19.3. The van der Waals surface area contributed by atoms with Gasteiger partial charge >= 0.3 is 0 Å². The van der Waals surface area contributed by atoms with Gasteiger partial charge in [0.1, 0.15) is 0 Å². The van der Waals surface area contributed by atoms with E-state index in [1.807, 2.05) is 12.1 Å². The Morgan fingerprint density at radius 2 is 1.96 bits per heavy atom. The van der Waals surface area contributed by atoms with Crippen LogP contribution in [0, 0.1) is 0 Å². The van der Waals surface area contributed by atoms with Gasteiger partial charge in [0.25, 0.3) is 0 Å². The molecule has 0 saturated carbocycles. The van der Waals surface area contributed by atoms with Crippen molar-refractivity contribution in [3.8, 4) is 11.5 Å². The van der Waals surface area contributed by atoms with Crippen molar-refractivity contribution < 1.29 is 14.3 Å². The zero-order valence-electron chi connectivity index (χ0n) is 16.6. The van der Waals surface area contributed by atoms with Gasteiger partial charge in [-0.05, 0) is 37.0 Å². The van der Waals surface area contributed by atoms with Gasteiger partial charge < -0.3 is 14.4 Å². The molecular weight excluding hydrogens is 354 g/mol. The molecule has 2 saturated heterocycles. The molecule has 1 aromatic rings. The SMILES string of the molecule is C=CCCC(=O)N1CCC[C@H](N2CCN(Cc3ccc4c(c3)OCO4)CC2)C1. The monoisotopic (exact) mass is 385 g/mol. The van der Waals surface area contributed by atoms with Crippen molar-refractivity contribution in [3.63, 3.8) is 0 Å². The molecule has 1 aromatic carbocycles. The normalized spacial score (nSPS) is 23.0. The molecule has 0 N–H and O–H groups in total. The summed E-state index contributed by atoms with van der Waals surface area (Å²) in [6, 6.07) is 6.75. The molecule has 3 heterocycles. The summed E-state index contributed by atoms with van der Waals surface area (Å²) in [6.07, 6.45) is 5.52. The van der Waals surface area contributed by atoms with Gasteiger partial charge in [0.15, 0.2) is 11.5 Å². The fourth-order valence-corrected chi connectivity index (χ4v) is 4.45. The third-order valence-electron chi connectivity index (χ3n) is 6.08. The molecule has 0 aromatic heterocycles. The standard InChI is InChI=1S/C22H31N3O3/c1-2-3-6-22(26)25-9-4-5-19(16-25)24-12-10-23(11-13-24)15-18-7-8-20-21(14-18)28-17-27-20/h2,7-8,14,19H,1,3-6,9-13,15-17H2/t19-/m0/s1. The molecule has 0 bridgehead atoms. The molecular formula is C22H31N3O3. The quantitative estimate of drug-likeness (QED) is 0.704. The zero-order valence-corrected chi connectivity index (χ0v) is 16.6. The lowest BCUT2D eigenvalue weighted by Crippen LogP contribution is -2.55. The Kier molecular flexibility index (Phi) is 6.17. The summed E-state index contributed by atoms with van der Waals surface area (Å²) in [6.45, 7) is 11.1. The van der Waals surface area contributed by atoms with E-state index in [1.165, 1.54) is 12.0 Å². The maximum Gasteiger partial charge on any atom is 0.231 e. The zero-order chi connectivity index (χ0) is 19.3. The number of likely N-dealkylation sites (tertiary alicyclic amines) is 1. The predicted molar refractivity (Wildman–Crippen MR) is 108 cm³/mol. The summed E-state index contributed by atoms with van der Waals surface area (Å²) < 4.78 is 10.9. The van der Waals surface area contributed by atoms with Crippen LogP contribution >= 0.6 is 0 Å². The van der Waals surface area contributed by atoms with Gasteiger partial charge in [-0.1, -0.05) is 12.1 Å². The summed E-state index contributed by atoms with van der Waals surface area (Å²) in [4.78, 5) is 19.5. The first-order valence-electron chi connectivity index (χ1n) is 10.5. The van der Waals surface area contributed by atoms with Crippen molar-refractivity contribution in [2.45, 2.75) is 38.3 Å². The molecule has 28 heavy (non-hydrogen) atoms. The van der Waals surface area contributed by atoms with E-state index >= 15 is 0 Å². The highest BCUT2D eigenvalue weighted by Crippen LogP contribution is 2.33. The lowest BCUT2D eigenvalue weighted by atomic mass is 10.0. The maximum absolute atomic E-state index is 12.4. The highest BCUT2D eigenvalue weighted by atomic mass is 16.7. The number of nitrogens with zero attached hydrogens (tertiary/aromatic N) is 3. The lowest BCUT2D eigenvalue weighted by molar-refractivity contribution is -0.133. The first-order chi connectivity index (χ1) is 13.7. The van der Waals surface area contributed by atoms with Crippen LogP contribution in [0.3, 0.4) is 0 Å². The van der Waals surface area contributed by atoms with E-state index < -0.39 is 0 Å². The Labute approximate surface area is 167 Å². The second-order valence-electron chi connectivity index (χ2n) is 7.96. The van der Waals surface area contributed by atoms with Gasteiger partial charge in [0.05, 0.1) is 0 Å². The number of hydrogen-bond donors (Lipinski definition) is 0. The number of ether oxygens (including phenoxy) is 2. The predicted octanol–water partition coefficient (Wildman–Crippen LogP) is 2.49. The summed E-state index contributed by atoms with van der Waals surface area (Å²) in [5.74, 6) is 1.99. The second-order valence-corrected chi connectivity index (χ2v) is 7.96. The molecule has 0 aliphatic carbocycles. The fraction of sp³-hybridized carbons (Fsp3) is 0.591. The van der Waals surface area contributed by atoms with Crippen LogP contribution in [-0.4, -0.2) is 72.7 Å². The number of piperidine rings is 1. The van der Waals surface area contributed by atoms with Crippen molar-refractivity contribution in [1.82, 2.24) is 14.7 Å². The molecule has 152 valence electrons. The molecule has 0 spiro atoms. The number of hydrogen-bond acceptors (Lipinski definition) is 5. The van der Waals surface area contributed by atoms with Gasteiger partial charge in [-0.2, -0.15) is 0 Å². The van der Waals surface area contributed by atoms with E-state index in [4.69, 9.17) is 9.47 Å². The van der Waals surface area contributed by atoms with Gasteiger partial charge in [-0.15, -0.1) is 6.58 Å². The number of benzene rings is 1. The molecule has 1 atom stereocenters. The van der Waals surface area contributed by atoms with Gasteiger partial charge in [-0.25, -0.2) is 0 Å². The number of carbonyl (C=O) groups excluding carboxylic acids is 1. The molecule has 2 fully saturated rings. The highest BCUT2D eigenvalue weighted by molar-refractivity contribution is 5.76. The molecule has 0 radical (unpaired) electrons. The van der Waals surface area contributed by atoms with Crippen LogP contribution in [0.4, 0.5) is 0 Å². The van der Waals surface area contributed by atoms with E-state index in [9.17, 15) is 4.79 Å². The molecule has 1 amide bonds. The number of carbonyl (C=O) groups is 1. The van der Waals surface area contributed by atoms with E-state index in [2.05, 4.69) is 33.4 Å². The van der Waals surface area contributed by atoms with Crippen molar-refractivity contribution in [1.29, 1.82) is 0 Å². The third kappa shape index (κ3) is 4.50. The topological polar surface area (TPSA) is 45.3 Å². The number of rotatable bonds is 6.